The molecule has 0 saturated heterocycles. The van der Waals surface area contributed by atoms with Crippen molar-refractivity contribution in [1.82, 2.24) is 4.98 Å². The molecule has 2 aromatic carbocycles. The minimum absolute atomic E-state index is 0.0246. The molecule has 0 saturated carbocycles. The molecular formula is C21H16Cl2FN5O3. The van der Waals surface area contributed by atoms with Crippen molar-refractivity contribution in [2.24, 2.45) is 5.73 Å². The number of rotatable bonds is 6. The van der Waals surface area contributed by atoms with Crippen LogP contribution in [0.1, 0.15) is 26.3 Å². The summed E-state index contributed by atoms with van der Waals surface area (Å²) in [5, 5.41) is 13.0. The Morgan fingerprint density at radius 1 is 1.03 bits per heavy atom. The normalized spacial score (nSPS) is 10.4. The fourth-order valence-electron chi connectivity index (χ4n) is 2.73. The first-order chi connectivity index (χ1) is 15.2. The van der Waals surface area contributed by atoms with Crippen molar-refractivity contribution in [3.63, 3.8) is 0 Å². The first-order valence-electron chi connectivity index (χ1n) is 8.95. The molecule has 0 atom stereocenters. The van der Waals surface area contributed by atoms with Crippen LogP contribution in [0.5, 0.6) is 5.75 Å². The number of nitrogen functional groups attached to an aromatic ring is 1. The van der Waals surface area contributed by atoms with Gasteiger partial charge in [-0.05, 0) is 30.3 Å². The number of hydrogen-bond acceptors (Lipinski definition) is 5. The van der Waals surface area contributed by atoms with Gasteiger partial charge in [0, 0.05) is 22.8 Å². The standard InChI is InChI=1S/C21H16Cl2FN5O3/c1-32-16-8-12(23)7-14(21(31)28-17-5-3-11(22)9-27-17)18(16)29-20(30)13-4-2-10(19(25)26)6-15(13)24/h2-9H,1H3,(H3,25,26)(H,29,30)(H,27,28,31). The highest BCUT2D eigenvalue weighted by atomic mass is 35.5. The van der Waals surface area contributed by atoms with Gasteiger partial charge in [-0.15, -0.1) is 0 Å². The number of aromatic nitrogens is 1. The van der Waals surface area contributed by atoms with Crippen molar-refractivity contribution in [3.8, 4) is 5.75 Å². The minimum atomic E-state index is -0.889. The van der Waals surface area contributed by atoms with Gasteiger partial charge in [-0.3, -0.25) is 15.0 Å². The fourth-order valence-corrected chi connectivity index (χ4v) is 3.05. The van der Waals surface area contributed by atoms with Gasteiger partial charge in [0.25, 0.3) is 11.8 Å². The average Bonchev–Trinajstić information content (AvgIpc) is 2.75. The number of ether oxygens (including phenoxy) is 1. The van der Waals surface area contributed by atoms with Gasteiger partial charge in [0.1, 0.15) is 23.2 Å². The molecule has 32 heavy (non-hydrogen) atoms. The number of benzene rings is 2. The Morgan fingerprint density at radius 2 is 1.75 bits per heavy atom. The van der Waals surface area contributed by atoms with Gasteiger partial charge in [-0.1, -0.05) is 29.3 Å². The lowest BCUT2D eigenvalue weighted by Crippen LogP contribution is -2.20. The maximum Gasteiger partial charge on any atom is 0.259 e. The minimum Gasteiger partial charge on any atom is -0.494 e. The summed E-state index contributed by atoms with van der Waals surface area (Å²) in [5.74, 6) is -2.44. The molecule has 0 aliphatic heterocycles. The van der Waals surface area contributed by atoms with E-state index in [0.717, 1.165) is 6.07 Å². The highest BCUT2D eigenvalue weighted by Crippen LogP contribution is 2.33. The van der Waals surface area contributed by atoms with Crippen LogP contribution in [-0.4, -0.2) is 29.7 Å². The lowest BCUT2D eigenvalue weighted by Gasteiger charge is -2.16. The Bertz CT molecular complexity index is 1220. The number of nitrogens with zero attached hydrogens (tertiary/aromatic N) is 1. The number of halogens is 3. The second-order valence-corrected chi connectivity index (χ2v) is 7.28. The monoisotopic (exact) mass is 475 g/mol. The quantitative estimate of drug-likeness (QED) is 0.311. The molecule has 3 rings (SSSR count). The molecule has 0 bridgehead atoms. The molecule has 8 nitrogen and oxygen atoms in total. The van der Waals surface area contributed by atoms with E-state index in [1.54, 1.807) is 6.07 Å². The van der Waals surface area contributed by atoms with Crippen LogP contribution in [0.2, 0.25) is 10.0 Å². The summed E-state index contributed by atoms with van der Waals surface area (Å²) in [6.45, 7) is 0. The van der Waals surface area contributed by atoms with E-state index in [1.165, 1.54) is 43.6 Å². The molecule has 11 heteroatoms. The van der Waals surface area contributed by atoms with E-state index < -0.39 is 17.6 Å². The van der Waals surface area contributed by atoms with E-state index in [0.29, 0.717) is 5.02 Å². The third kappa shape index (κ3) is 5.13. The summed E-state index contributed by atoms with van der Waals surface area (Å²) in [5.41, 5.74) is 5.08. The molecule has 0 aliphatic rings. The first kappa shape index (κ1) is 23.0. The van der Waals surface area contributed by atoms with E-state index in [9.17, 15) is 14.0 Å². The number of amidine groups is 1. The van der Waals surface area contributed by atoms with Gasteiger partial charge in [-0.25, -0.2) is 9.37 Å². The number of hydrogen-bond donors (Lipinski definition) is 4. The molecule has 2 amide bonds. The number of carbonyl (C=O) groups is 2. The molecule has 0 fully saturated rings. The first-order valence-corrected chi connectivity index (χ1v) is 9.71. The second kappa shape index (κ2) is 9.63. The van der Waals surface area contributed by atoms with E-state index in [1.807, 2.05) is 0 Å². The van der Waals surface area contributed by atoms with E-state index in [2.05, 4.69) is 15.6 Å². The van der Waals surface area contributed by atoms with Gasteiger partial charge >= 0.3 is 0 Å². The van der Waals surface area contributed by atoms with Crippen molar-refractivity contribution in [1.29, 1.82) is 5.41 Å². The molecule has 0 aliphatic carbocycles. The van der Waals surface area contributed by atoms with Crippen molar-refractivity contribution >= 4 is 52.4 Å². The average molecular weight is 476 g/mol. The smallest absolute Gasteiger partial charge is 0.259 e. The maximum atomic E-state index is 14.4. The van der Waals surface area contributed by atoms with Gasteiger partial charge < -0.3 is 21.1 Å². The van der Waals surface area contributed by atoms with Crippen LogP contribution in [-0.2, 0) is 0 Å². The summed E-state index contributed by atoms with van der Waals surface area (Å²) >= 11 is 11.9. The van der Waals surface area contributed by atoms with Crippen LogP contribution in [0.15, 0.2) is 48.7 Å². The Kier molecular flexibility index (Phi) is 6.92. The lowest BCUT2D eigenvalue weighted by molar-refractivity contribution is 0.102. The largest absolute Gasteiger partial charge is 0.494 e. The fraction of sp³-hybridized carbons (Fsp3) is 0.0476. The number of anilines is 2. The Labute approximate surface area is 192 Å². The van der Waals surface area contributed by atoms with Crippen molar-refractivity contribution in [3.05, 3.63) is 81.2 Å². The third-order valence-electron chi connectivity index (χ3n) is 4.26. The molecule has 0 radical (unpaired) electrons. The predicted molar refractivity (Wildman–Crippen MR) is 121 cm³/mol. The molecule has 0 spiro atoms. The zero-order valence-electron chi connectivity index (χ0n) is 16.5. The van der Waals surface area contributed by atoms with Gasteiger partial charge in [0.2, 0.25) is 0 Å². The molecule has 3 aromatic rings. The summed E-state index contributed by atoms with van der Waals surface area (Å²) in [6, 6.07) is 9.23. The number of nitrogens with two attached hydrogens (primary N) is 1. The van der Waals surface area contributed by atoms with Gasteiger partial charge in [-0.2, -0.15) is 0 Å². The SMILES string of the molecule is COc1cc(Cl)cc(C(=O)Nc2ccc(Cl)cn2)c1NC(=O)c1ccc(C(=N)N)cc1F. The van der Waals surface area contributed by atoms with E-state index in [4.69, 9.17) is 39.1 Å². The topological polar surface area (TPSA) is 130 Å². The van der Waals surface area contributed by atoms with Crippen LogP contribution in [0, 0.1) is 11.2 Å². The zero-order valence-corrected chi connectivity index (χ0v) is 18.0. The molecule has 5 N–H and O–H groups in total. The van der Waals surface area contributed by atoms with Gasteiger partial charge in [0.05, 0.1) is 28.9 Å². The van der Waals surface area contributed by atoms with Crippen LogP contribution in [0.3, 0.4) is 0 Å². The van der Waals surface area contributed by atoms with E-state index >= 15 is 0 Å². The zero-order chi connectivity index (χ0) is 23.4. The Morgan fingerprint density at radius 3 is 2.34 bits per heavy atom. The van der Waals surface area contributed by atoms with Crippen LogP contribution < -0.4 is 21.1 Å². The molecule has 164 valence electrons. The van der Waals surface area contributed by atoms with Crippen molar-refractivity contribution in [2.75, 3.05) is 17.7 Å². The Hall–Kier alpha value is -3.69. The number of amides is 2. The predicted octanol–water partition coefficient (Wildman–Crippen LogP) is 4.32. The highest BCUT2D eigenvalue weighted by molar-refractivity contribution is 6.32. The summed E-state index contributed by atoms with van der Waals surface area (Å²) < 4.78 is 19.7. The summed E-state index contributed by atoms with van der Waals surface area (Å²) in [4.78, 5) is 29.6. The van der Waals surface area contributed by atoms with Crippen LogP contribution in [0.4, 0.5) is 15.9 Å². The van der Waals surface area contributed by atoms with E-state index in [-0.39, 0.29) is 44.8 Å². The summed E-state index contributed by atoms with van der Waals surface area (Å²) in [7, 11) is 1.33. The number of nitrogens with one attached hydrogen (secondary N) is 3. The lowest BCUT2D eigenvalue weighted by atomic mass is 10.1. The molecule has 1 heterocycles. The number of methoxy groups -OCH3 is 1. The molecule has 1 aromatic heterocycles. The van der Waals surface area contributed by atoms with Gasteiger partial charge in [0.15, 0.2) is 0 Å². The maximum absolute atomic E-state index is 14.4. The third-order valence-corrected chi connectivity index (χ3v) is 4.71. The Balaban J connectivity index is 1.96. The van der Waals surface area contributed by atoms with Crippen LogP contribution in [0.25, 0.3) is 0 Å². The molecule has 0 unspecified atom stereocenters. The number of pyridine rings is 1. The number of carbonyl (C=O) groups excluding carboxylic acids is 2. The summed E-state index contributed by atoms with van der Waals surface area (Å²) in [6.07, 6.45) is 1.35. The second-order valence-electron chi connectivity index (χ2n) is 6.41. The highest BCUT2D eigenvalue weighted by Gasteiger charge is 2.22. The van der Waals surface area contributed by atoms with Crippen LogP contribution >= 0.6 is 23.2 Å². The van der Waals surface area contributed by atoms with Crippen molar-refractivity contribution in [2.45, 2.75) is 0 Å². The van der Waals surface area contributed by atoms with Crippen molar-refractivity contribution < 1.29 is 18.7 Å². The molecular weight excluding hydrogens is 460 g/mol.